The summed E-state index contributed by atoms with van der Waals surface area (Å²) in [4.78, 5) is 4.43. The fourth-order valence-corrected chi connectivity index (χ4v) is 1.67. The van der Waals surface area contributed by atoms with Gasteiger partial charge in [-0.2, -0.15) is 0 Å². The summed E-state index contributed by atoms with van der Waals surface area (Å²) < 4.78 is 10.4. The van der Waals surface area contributed by atoms with E-state index in [0.717, 1.165) is 29.4 Å². The Balaban J connectivity index is 2.33. The molecule has 0 amide bonds. The Hall–Kier alpha value is -1.71. The van der Waals surface area contributed by atoms with E-state index in [2.05, 4.69) is 17.2 Å². The van der Waals surface area contributed by atoms with Gasteiger partial charge in [0.1, 0.15) is 17.3 Å². The molecular formula is C12H16N2O2. The van der Waals surface area contributed by atoms with Crippen LogP contribution in [0.4, 0.5) is 0 Å². The Kier molecular flexibility index (Phi) is 2.99. The van der Waals surface area contributed by atoms with Gasteiger partial charge in [0.05, 0.1) is 20.8 Å². The van der Waals surface area contributed by atoms with E-state index < -0.39 is 0 Å². The average molecular weight is 220 g/mol. The molecular weight excluding hydrogens is 204 g/mol. The van der Waals surface area contributed by atoms with Gasteiger partial charge in [-0.15, -0.1) is 0 Å². The van der Waals surface area contributed by atoms with Gasteiger partial charge < -0.3 is 14.8 Å². The number of benzene rings is 1. The smallest absolute Gasteiger partial charge is 0.128 e. The molecule has 0 aliphatic carbocycles. The van der Waals surface area contributed by atoms with E-state index in [4.69, 9.17) is 9.47 Å². The van der Waals surface area contributed by atoms with Crippen molar-refractivity contribution in [2.75, 3.05) is 20.8 Å². The maximum absolute atomic E-state index is 5.22. The number of rotatable bonds is 3. The third-order valence-electron chi connectivity index (χ3n) is 2.53. The molecule has 1 N–H and O–H groups in total. The first-order chi connectivity index (χ1) is 7.72. The summed E-state index contributed by atoms with van der Waals surface area (Å²) in [5.41, 5.74) is 1.00. The fraction of sp³-hybridized carbons (Fsp3) is 0.417. The van der Waals surface area contributed by atoms with Gasteiger partial charge in [-0.3, -0.25) is 4.99 Å². The van der Waals surface area contributed by atoms with E-state index in [9.17, 15) is 0 Å². The van der Waals surface area contributed by atoms with Crippen LogP contribution in [0.5, 0.6) is 11.5 Å². The van der Waals surface area contributed by atoms with Gasteiger partial charge in [0.25, 0.3) is 0 Å². The van der Waals surface area contributed by atoms with Gasteiger partial charge in [0.2, 0.25) is 0 Å². The summed E-state index contributed by atoms with van der Waals surface area (Å²) in [7, 11) is 3.29. The Morgan fingerprint density at radius 3 is 2.25 bits per heavy atom. The van der Waals surface area contributed by atoms with E-state index in [1.165, 1.54) is 0 Å². The van der Waals surface area contributed by atoms with Crippen molar-refractivity contribution in [1.82, 2.24) is 5.32 Å². The summed E-state index contributed by atoms with van der Waals surface area (Å²) in [6.45, 7) is 2.92. The van der Waals surface area contributed by atoms with Crippen LogP contribution < -0.4 is 14.8 Å². The van der Waals surface area contributed by atoms with E-state index in [1.54, 1.807) is 14.2 Å². The van der Waals surface area contributed by atoms with E-state index in [-0.39, 0.29) is 0 Å². The lowest BCUT2D eigenvalue weighted by Crippen LogP contribution is -2.27. The van der Waals surface area contributed by atoms with Crippen LogP contribution in [0.15, 0.2) is 23.2 Å². The largest absolute Gasteiger partial charge is 0.497 e. The minimum atomic E-state index is 0.396. The lowest BCUT2D eigenvalue weighted by atomic mass is 10.2. The lowest BCUT2D eigenvalue weighted by Gasteiger charge is -2.10. The Morgan fingerprint density at radius 1 is 1.19 bits per heavy atom. The van der Waals surface area contributed by atoms with Crippen LogP contribution >= 0.6 is 0 Å². The topological polar surface area (TPSA) is 42.9 Å². The van der Waals surface area contributed by atoms with Crippen LogP contribution in [0.2, 0.25) is 0 Å². The molecule has 4 nitrogen and oxygen atoms in total. The Morgan fingerprint density at radius 2 is 1.81 bits per heavy atom. The molecule has 1 unspecified atom stereocenters. The highest BCUT2D eigenvalue weighted by molar-refractivity contribution is 6.00. The molecule has 1 heterocycles. The maximum Gasteiger partial charge on any atom is 0.128 e. The normalized spacial score (nSPS) is 18.9. The average Bonchev–Trinajstić information content (AvgIpc) is 2.75. The Bertz CT molecular complexity index is 393. The molecule has 1 atom stereocenters. The van der Waals surface area contributed by atoms with Crippen LogP contribution in [0, 0.1) is 0 Å². The molecule has 0 spiro atoms. The number of nitrogens with zero attached hydrogens (tertiary/aromatic N) is 1. The standard InChI is InChI=1S/C12H16N2O2/c1-8-7-13-12(14-8)9-4-10(15-2)6-11(5-9)16-3/h4-6,8H,7H2,1-3H3,(H,13,14). The molecule has 2 rings (SSSR count). The number of methoxy groups -OCH3 is 2. The van der Waals surface area contributed by atoms with Gasteiger partial charge in [-0.1, -0.05) is 0 Å². The van der Waals surface area contributed by atoms with E-state index in [0.29, 0.717) is 6.04 Å². The first kappa shape index (κ1) is 10.8. The third-order valence-corrected chi connectivity index (χ3v) is 2.53. The second-order valence-corrected chi connectivity index (χ2v) is 3.84. The van der Waals surface area contributed by atoms with E-state index in [1.807, 2.05) is 18.2 Å². The van der Waals surface area contributed by atoms with E-state index >= 15 is 0 Å². The zero-order valence-electron chi connectivity index (χ0n) is 9.78. The number of nitrogens with one attached hydrogen (secondary N) is 1. The van der Waals surface area contributed by atoms with Crippen LogP contribution in [0.25, 0.3) is 0 Å². The van der Waals surface area contributed by atoms with Crippen molar-refractivity contribution in [3.8, 4) is 11.5 Å². The quantitative estimate of drug-likeness (QED) is 0.838. The molecule has 0 saturated heterocycles. The minimum absolute atomic E-state index is 0.396. The van der Waals surface area contributed by atoms with Crippen LogP contribution in [-0.2, 0) is 0 Å². The molecule has 0 bridgehead atoms. The molecule has 1 aliphatic rings. The summed E-state index contributed by atoms with van der Waals surface area (Å²) in [5, 5.41) is 3.31. The van der Waals surface area contributed by atoms with Crippen LogP contribution in [-0.4, -0.2) is 32.6 Å². The summed E-state index contributed by atoms with van der Waals surface area (Å²) in [6.07, 6.45) is 0. The van der Waals surface area contributed by atoms with Gasteiger partial charge >= 0.3 is 0 Å². The number of ether oxygens (including phenoxy) is 2. The first-order valence-corrected chi connectivity index (χ1v) is 5.27. The number of aliphatic imine (C=N–C) groups is 1. The molecule has 1 aromatic carbocycles. The molecule has 0 fully saturated rings. The summed E-state index contributed by atoms with van der Waals surface area (Å²) >= 11 is 0. The maximum atomic E-state index is 5.22. The SMILES string of the molecule is COc1cc(OC)cc(C2=NCC(C)N2)c1. The monoisotopic (exact) mass is 220 g/mol. The van der Waals surface area contributed by atoms with Crippen molar-refractivity contribution in [1.29, 1.82) is 0 Å². The highest BCUT2D eigenvalue weighted by atomic mass is 16.5. The van der Waals surface area contributed by atoms with Crippen molar-refractivity contribution in [2.45, 2.75) is 13.0 Å². The van der Waals surface area contributed by atoms with Crippen molar-refractivity contribution < 1.29 is 9.47 Å². The van der Waals surface area contributed by atoms with Gasteiger partial charge in [-0.05, 0) is 19.1 Å². The van der Waals surface area contributed by atoms with Crippen molar-refractivity contribution in [2.24, 2.45) is 4.99 Å². The number of hydrogen-bond acceptors (Lipinski definition) is 4. The summed E-state index contributed by atoms with van der Waals surface area (Å²) in [5.74, 6) is 2.46. The molecule has 86 valence electrons. The zero-order valence-corrected chi connectivity index (χ0v) is 9.78. The van der Waals surface area contributed by atoms with Gasteiger partial charge in [-0.25, -0.2) is 0 Å². The minimum Gasteiger partial charge on any atom is -0.497 e. The molecule has 0 saturated carbocycles. The highest BCUT2D eigenvalue weighted by Gasteiger charge is 2.15. The van der Waals surface area contributed by atoms with Gasteiger partial charge in [0.15, 0.2) is 0 Å². The second-order valence-electron chi connectivity index (χ2n) is 3.84. The summed E-state index contributed by atoms with van der Waals surface area (Å²) in [6, 6.07) is 6.15. The molecule has 4 heteroatoms. The Labute approximate surface area is 95.3 Å². The van der Waals surface area contributed by atoms with Crippen molar-refractivity contribution in [3.05, 3.63) is 23.8 Å². The molecule has 16 heavy (non-hydrogen) atoms. The van der Waals surface area contributed by atoms with Crippen molar-refractivity contribution >= 4 is 5.84 Å². The lowest BCUT2D eigenvalue weighted by molar-refractivity contribution is 0.394. The van der Waals surface area contributed by atoms with Crippen molar-refractivity contribution in [3.63, 3.8) is 0 Å². The number of hydrogen-bond donors (Lipinski definition) is 1. The predicted molar refractivity (Wildman–Crippen MR) is 63.5 cm³/mol. The third kappa shape index (κ3) is 2.10. The fourth-order valence-electron chi connectivity index (χ4n) is 1.67. The zero-order chi connectivity index (χ0) is 11.5. The molecule has 0 radical (unpaired) electrons. The molecule has 1 aromatic rings. The van der Waals surface area contributed by atoms with Gasteiger partial charge in [0, 0.05) is 17.7 Å². The number of amidine groups is 1. The molecule has 1 aliphatic heterocycles. The highest BCUT2D eigenvalue weighted by Crippen LogP contribution is 2.23. The predicted octanol–water partition coefficient (Wildman–Crippen LogP) is 1.44. The first-order valence-electron chi connectivity index (χ1n) is 5.27. The second kappa shape index (κ2) is 4.43. The molecule has 0 aromatic heterocycles. The van der Waals surface area contributed by atoms with Crippen LogP contribution in [0.1, 0.15) is 12.5 Å². The van der Waals surface area contributed by atoms with Crippen LogP contribution in [0.3, 0.4) is 0 Å².